The first-order valence-corrected chi connectivity index (χ1v) is 6.39. The summed E-state index contributed by atoms with van der Waals surface area (Å²) >= 11 is 0. The largest absolute Gasteiger partial charge is 0.480 e. The summed E-state index contributed by atoms with van der Waals surface area (Å²) in [6, 6.07) is 5.65. The van der Waals surface area contributed by atoms with Crippen molar-refractivity contribution in [2.45, 2.75) is 19.4 Å². The minimum Gasteiger partial charge on any atom is -0.480 e. The van der Waals surface area contributed by atoms with Crippen molar-refractivity contribution in [3.05, 3.63) is 48.0 Å². The second-order valence-corrected chi connectivity index (χ2v) is 4.64. The lowest BCUT2D eigenvalue weighted by Gasteiger charge is -2.14. The second kappa shape index (κ2) is 6.56. The molecule has 1 aromatic carbocycles. The van der Waals surface area contributed by atoms with Crippen molar-refractivity contribution < 1.29 is 14.7 Å². The number of aliphatic carboxylic acids is 1. The summed E-state index contributed by atoms with van der Waals surface area (Å²) in [7, 11) is 0. The van der Waals surface area contributed by atoms with E-state index in [0.717, 1.165) is 5.56 Å². The van der Waals surface area contributed by atoms with Crippen LogP contribution in [-0.2, 0) is 11.2 Å². The Labute approximate surface area is 121 Å². The SMILES string of the molecule is Cc1cccc(NC(=O)N[C@@H](Cc2cnc[nH]2)C(=O)O)c1. The van der Waals surface area contributed by atoms with Crippen LogP contribution in [0.3, 0.4) is 0 Å². The molecule has 110 valence electrons. The molecule has 2 rings (SSSR count). The third kappa shape index (κ3) is 4.34. The van der Waals surface area contributed by atoms with Gasteiger partial charge >= 0.3 is 12.0 Å². The van der Waals surface area contributed by atoms with Crippen molar-refractivity contribution in [2.24, 2.45) is 0 Å². The molecule has 0 unspecified atom stereocenters. The number of carboxylic acids is 1. The maximum absolute atomic E-state index is 11.9. The maximum atomic E-state index is 11.9. The van der Waals surface area contributed by atoms with Crippen LogP contribution in [0.2, 0.25) is 0 Å². The fourth-order valence-corrected chi connectivity index (χ4v) is 1.86. The van der Waals surface area contributed by atoms with E-state index in [1.165, 1.54) is 12.5 Å². The third-order valence-electron chi connectivity index (χ3n) is 2.86. The van der Waals surface area contributed by atoms with E-state index < -0.39 is 18.0 Å². The predicted molar refractivity (Wildman–Crippen MR) is 77.0 cm³/mol. The number of benzene rings is 1. The van der Waals surface area contributed by atoms with Crippen molar-refractivity contribution in [1.29, 1.82) is 0 Å². The third-order valence-corrected chi connectivity index (χ3v) is 2.86. The highest BCUT2D eigenvalue weighted by Gasteiger charge is 2.21. The standard InChI is InChI=1S/C14H16N4O3/c1-9-3-2-4-10(5-9)17-14(21)18-12(13(19)20)6-11-7-15-8-16-11/h2-5,7-8,12H,6H2,1H3,(H,15,16)(H,19,20)(H2,17,18,21)/t12-/m0/s1. The van der Waals surface area contributed by atoms with Crippen LogP contribution in [-0.4, -0.2) is 33.1 Å². The summed E-state index contributed by atoms with van der Waals surface area (Å²) in [5.41, 5.74) is 2.25. The smallest absolute Gasteiger partial charge is 0.326 e. The number of imidazole rings is 1. The first-order valence-electron chi connectivity index (χ1n) is 6.39. The molecule has 2 amide bonds. The molecule has 0 fully saturated rings. The molecule has 0 saturated carbocycles. The molecule has 7 nitrogen and oxygen atoms in total. The van der Waals surface area contributed by atoms with E-state index in [1.54, 1.807) is 12.1 Å². The Hall–Kier alpha value is -2.83. The molecule has 0 aliphatic heterocycles. The lowest BCUT2D eigenvalue weighted by Crippen LogP contribution is -2.44. The van der Waals surface area contributed by atoms with E-state index in [0.29, 0.717) is 11.4 Å². The second-order valence-electron chi connectivity index (χ2n) is 4.64. The van der Waals surface area contributed by atoms with E-state index in [-0.39, 0.29) is 6.42 Å². The zero-order valence-corrected chi connectivity index (χ0v) is 11.5. The predicted octanol–water partition coefficient (Wildman–Crippen LogP) is 1.54. The van der Waals surface area contributed by atoms with Crippen molar-refractivity contribution >= 4 is 17.7 Å². The Morgan fingerprint density at radius 3 is 2.86 bits per heavy atom. The number of aromatic nitrogens is 2. The quantitative estimate of drug-likeness (QED) is 0.669. The Morgan fingerprint density at radius 2 is 2.24 bits per heavy atom. The van der Waals surface area contributed by atoms with Crippen molar-refractivity contribution in [1.82, 2.24) is 15.3 Å². The van der Waals surface area contributed by atoms with Gasteiger partial charge in [0, 0.05) is 24.0 Å². The van der Waals surface area contributed by atoms with E-state index in [9.17, 15) is 9.59 Å². The number of carboxylic acid groups (broad SMARTS) is 1. The van der Waals surface area contributed by atoms with E-state index in [2.05, 4.69) is 20.6 Å². The number of aryl methyl sites for hydroxylation is 1. The average Bonchev–Trinajstić information content (AvgIpc) is 2.90. The number of nitrogens with one attached hydrogen (secondary N) is 3. The van der Waals surface area contributed by atoms with Gasteiger partial charge in [-0.25, -0.2) is 14.6 Å². The number of aromatic amines is 1. The minimum absolute atomic E-state index is 0.135. The van der Waals surface area contributed by atoms with Crippen LogP contribution >= 0.6 is 0 Å². The summed E-state index contributed by atoms with van der Waals surface area (Å²) in [4.78, 5) is 29.7. The fourth-order valence-electron chi connectivity index (χ4n) is 1.86. The van der Waals surface area contributed by atoms with Gasteiger partial charge in [0.15, 0.2) is 0 Å². The summed E-state index contributed by atoms with van der Waals surface area (Å²) < 4.78 is 0. The van der Waals surface area contributed by atoms with Crippen molar-refractivity contribution in [3.8, 4) is 0 Å². The Balaban J connectivity index is 1.96. The molecule has 0 bridgehead atoms. The van der Waals surface area contributed by atoms with Gasteiger partial charge < -0.3 is 20.7 Å². The normalized spacial score (nSPS) is 11.7. The first kappa shape index (κ1) is 14.6. The Bertz CT molecular complexity index is 625. The van der Waals surface area contributed by atoms with Gasteiger partial charge in [-0.2, -0.15) is 0 Å². The molecule has 0 aliphatic carbocycles. The van der Waals surface area contributed by atoms with Gasteiger partial charge in [-0.15, -0.1) is 0 Å². The highest BCUT2D eigenvalue weighted by Crippen LogP contribution is 2.09. The molecule has 2 aromatic rings. The molecule has 0 aliphatic rings. The molecule has 0 spiro atoms. The van der Waals surface area contributed by atoms with Gasteiger partial charge in [-0.1, -0.05) is 12.1 Å². The number of urea groups is 1. The molecular weight excluding hydrogens is 272 g/mol. The van der Waals surface area contributed by atoms with Crippen molar-refractivity contribution in [2.75, 3.05) is 5.32 Å². The molecule has 1 aromatic heterocycles. The highest BCUT2D eigenvalue weighted by molar-refractivity contribution is 5.92. The maximum Gasteiger partial charge on any atom is 0.326 e. The van der Waals surface area contributed by atoms with Gasteiger partial charge in [0.25, 0.3) is 0 Å². The number of nitrogens with zero attached hydrogens (tertiary/aromatic N) is 1. The molecule has 0 radical (unpaired) electrons. The van der Waals surface area contributed by atoms with Gasteiger partial charge in [0.2, 0.25) is 0 Å². The number of amides is 2. The molecule has 7 heteroatoms. The van der Waals surface area contributed by atoms with Crippen molar-refractivity contribution in [3.63, 3.8) is 0 Å². The number of hydrogen-bond donors (Lipinski definition) is 4. The summed E-state index contributed by atoms with van der Waals surface area (Å²) in [5.74, 6) is -1.11. The van der Waals surface area contributed by atoms with Gasteiger partial charge in [-0.3, -0.25) is 0 Å². The van der Waals surface area contributed by atoms with Crippen LogP contribution < -0.4 is 10.6 Å². The average molecular weight is 288 g/mol. The highest BCUT2D eigenvalue weighted by atomic mass is 16.4. The zero-order chi connectivity index (χ0) is 15.2. The van der Waals surface area contributed by atoms with Gasteiger partial charge in [0.1, 0.15) is 6.04 Å². The molecular formula is C14H16N4O3. The number of H-pyrrole nitrogens is 1. The molecule has 1 heterocycles. The monoisotopic (exact) mass is 288 g/mol. The van der Waals surface area contributed by atoms with Crippen LogP contribution in [0.5, 0.6) is 0 Å². The van der Waals surface area contributed by atoms with Crippen LogP contribution in [0.1, 0.15) is 11.3 Å². The lowest BCUT2D eigenvalue weighted by molar-refractivity contribution is -0.139. The lowest BCUT2D eigenvalue weighted by atomic mass is 10.1. The molecule has 4 N–H and O–H groups in total. The van der Waals surface area contributed by atoms with E-state index in [4.69, 9.17) is 5.11 Å². The van der Waals surface area contributed by atoms with Crippen LogP contribution in [0.4, 0.5) is 10.5 Å². The van der Waals surface area contributed by atoms with Crippen LogP contribution in [0.15, 0.2) is 36.8 Å². The summed E-state index contributed by atoms with van der Waals surface area (Å²) in [6.07, 6.45) is 3.12. The summed E-state index contributed by atoms with van der Waals surface area (Å²) in [6.45, 7) is 1.90. The van der Waals surface area contributed by atoms with Gasteiger partial charge in [0.05, 0.1) is 6.33 Å². The molecule has 21 heavy (non-hydrogen) atoms. The Kier molecular flexibility index (Phi) is 4.55. The fraction of sp³-hybridized carbons (Fsp3) is 0.214. The molecule has 1 atom stereocenters. The van der Waals surface area contributed by atoms with Crippen LogP contribution in [0.25, 0.3) is 0 Å². The van der Waals surface area contributed by atoms with Crippen LogP contribution in [0, 0.1) is 6.92 Å². The number of anilines is 1. The van der Waals surface area contributed by atoms with E-state index >= 15 is 0 Å². The first-order chi connectivity index (χ1) is 10.0. The minimum atomic E-state index is -1.11. The zero-order valence-electron chi connectivity index (χ0n) is 11.5. The van der Waals surface area contributed by atoms with E-state index in [1.807, 2.05) is 19.1 Å². The molecule has 0 saturated heterocycles. The number of hydrogen-bond acceptors (Lipinski definition) is 3. The summed E-state index contributed by atoms with van der Waals surface area (Å²) in [5, 5.41) is 14.2. The number of carbonyl (C=O) groups is 2. The number of rotatable bonds is 5. The topological polar surface area (TPSA) is 107 Å². The Morgan fingerprint density at radius 1 is 1.43 bits per heavy atom. The van der Waals surface area contributed by atoms with Gasteiger partial charge in [-0.05, 0) is 24.6 Å². The number of carbonyl (C=O) groups excluding carboxylic acids is 1.